The number of rotatable bonds is 17. The predicted molar refractivity (Wildman–Crippen MR) is 162 cm³/mol. The van der Waals surface area contributed by atoms with E-state index in [1.807, 2.05) is 44.2 Å². The Morgan fingerprint density at radius 3 is 2.26 bits per heavy atom. The third-order valence-electron chi connectivity index (χ3n) is 6.14. The van der Waals surface area contributed by atoms with Crippen molar-refractivity contribution in [2.24, 2.45) is 0 Å². The van der Waals surface area contributed by atoms with E-state index < -0.39 is 42.1 Å². The lowest BCUT2D eigenvalue weighted by molar-refractivity contribution is -0.156. The molecule has 43 heavy (non-hydrogen) atoms. The number of carboxylic acids is 1. The largest absolute Gasteiger partial charge is 0.511 e. The standard InChI is InChI=1S/C30H36BNO10S/c1-21-15-27(38-13-6-14-43(4,36)37)16-22(2)30(21)24-8-5-7-23(17-24)18-39-26-11-9-25(10-12-26)31(42-32-3)41-20-29(35)40-19-28(33)34/h5,7-12,15-17,32H,6,13-14,18-20H2,1-4H3,(H,33,34). The fourth-order valence-corrected chi connectivity index (χ4v) is 4.95. The van der Waals surface area contributed by atoms with E-state index in [0.29, 0.717) is 36.6 Å². The van der Waals surface area contributed by atoms with Crippen LogP contribution in [0.3, 0.4) is 0 Å². The molecule has 0 atom stereocenters. The molecule has 0 heterocycles. The monoisotopic (exact) mass is 613 g/mol. The topological polar surface area (TPSA) is 147 Å². The molecule has 0 bridgehead atoms. The summed E-state index contributed by atoms with van der Waals surface area (Å²) in [6.45, 7) is 3.46. The van der Waals surface area contributed by atoms with E-state index >= 15 is 0 Å². The lowest BCUT2D eigenvalue weighted by Crippen LogP contribution is -2.41. The van der Waals surface area contributed by atoms with Crippen LogP contribution in [0.5, 0.6) is 11.5 Å². The summed E-state index contributed by atoms with van der Waals surface area (Å²) in [4.78, 5) is 22.2. The van der Waals surface area contributed by atoms with Crippen molar-refractivity contribution in [1.82, 2.24) is 5.48 Å². The van der Waals surface area contributed by atoms with E-state index in [1.165, 1.54) is 6.26 Å². The van der Waals surface area contributed by atoms with Gasteiger partial charge in [-0.05, 0) is 83.9 Å². The van der Waals surface area contributed by atoms with Gasteiger partial charge < -0.3 is 28.7 Å². The zero-order chi connectivity index (χ0) is 31.4. The van der Waals surface area contributed by atoms with Crippen LogP contribution in [0.4, 0.5) is 0 Å². The van der Waals surface area contributed by atoms with Gasteiger partial charge in [0.15, 0.2) is 6.61 Å². The molecule has 0 aliphatic carbocycles. The van der Waals surface area contributed by atoms with Crippen molar-refractivity contribution >= 4 is 34.4 Å². The normalized spacial score (nSPS) is 11.2. The van der Waals surface area contributed by atoms with Crippen LogP contribution in [0.25, 0.3) is 11.1 Å². The summed E-state index contributed by atoms with van der Waals surface area (Å²) in [7, 11) is -2.41. The first kappa shape index (κ1) is 33.6. The number of carbonyl (C=O) groups excluding carboxylic acids is 1. The molecule has 13 heteroatoms. The third kappa shape index (κ3) is 11.4. The number of carbonyl (C=O) groups is 2. The maximum absolute atomic E-state index is 11.7. The van der Waals surface area contributed by atoms with E-state index in [4.69, 9.17) is 24.0 Å². The first-order valence-electron chi connectivity index (χ1n) is 13.5. The zero-order valence-electron chi connectivity index (χ0n) is 24.6. The van der Waals surface area contributed by atoms with Gasteiger partial charge in [-0.1, -0.05) is 30.3 Å². The van der Waals surface area contributed by atoms with Crippen molar-refractivity contribution in [3.63, 3.8) is 0 Å². The lowest BCUT2D eigenvalue weighted by Gasteiger charge is -2.15. The van der Waals surface area contributed by atoms with Gasteiger partial charge in [-0.2, -0.15) is 0 Å². The Morgan fingerprint density at radius 1 is 0.930 bits per heavy atom. The molecule has 0 saturated heterocycles. The Kier molecular flexibility index (Phi) is 12.6. The van der Waals surface area contributed by atoms with Crippen LogP contribution >= 0.6 is 0 Å². The van der Waals surface area contributed by atoms with Gasteiger partial charge in [-0.15, -0.1) is 0 Å². The molecule has 0 amide bonds. The number of aryl methyl sites for hydroxylation is 2. The molecule has 0 saturated carbocycles. The molecule has 0 aliphatic heterocycles. The maximum Gasteiger partial charge on any atom is 0.511 e. The second kappa shape index (κ2) is 16.1. The molecule has 3 aromatic rings. The van der Waals surface area contributed by atoms with Crippen LogP contribution < -0.4 is 20.4 Å². The van der Waals surface area contributed by atoms with Gasteiger partial charge in [0, 0.05) is 13.3 Å². The van der Waals surface area contributed by atoms with Crippen molar-refractivity contribution in [2.75, 3.05) is 38.9 Å². The number of hydroxylamine groups is 1. The average molecular weight is 613 g/mol. The summed E-state index contributed by atoms with van der Waals surface area (Å²) < 4.78 is 49.8. The number of sulfone groups is 1. The number of nitrogens with one attached hydrogen (secondary N) is 1. The van der Waals surface area contributed by atoms with Crippen molar-refractivity contribution in [3.8, 4) is 22.6 Å². The smallest absolute Gasteiger partial charge is 0.494 e. The van der Waals surface area contributed by atoms with Crippen LogP contribution in [0.15, 0.2) is 60.7 Å². The molecule has 11 nitrogen and oxygen atoms in total. The molecule has 0 unspecified atom stereocenters. The zero-order valence-corrected chi connectivity index (χ0v) is 25.4. The Balaban J connectivity index is 1.60. The molecule has 3 rings (SSSR count). The average Bonchev–Trinajstić information content (AvgIpc) is 2.95. The van der Waals surface area contributed by atoms with Gasteiger partial charge in [0.2, 0.25) is 0 Å². The summed E-state index contributed by atoms with van der Waals surface area (Å²) in [6, 6.07) is 19.0. The number of ether oxygens (including phenoxy) is 3. The van der Waals surface area contributed by atoms with Gasteiger partial charge in [-0.25, -0.2) is 23.5 Å². The third-order valence-corrected chi connectivity index (χ3v) is 7.17. The van der Waals surface area contributed by atoms with E-state index in [0.717, 1.165) is 27.8 Å². The quantitative estimate of drug-likeness (QED) is 0.100. The Hall–Kier alpha value is -3.91. The summed E-state index contributed by atoms with van der Waals surface area (Å²) in [6.07, 6.45) is 1.66. The minimum atomic E-state index is -3.01. The summed E-state index contributed by atoms with van der Waals surface area (Å²) >= 11 is 0. The van der Waals surface area contributed by atoms with Crippen LogP contribution in [0, 0.1) is 13.8 Å². The van der Waals surface area contributed by atoms with Gasteiger partial charge >= 0.3 is 19.1 Å². The maximum atomic E-state index is 11.7. The highest BCUT2D eigenvalue weighted by Gasteiger charge is 2.23. The van der Waals surface area contributed by atoms with E-state index in [2.05, 4.69) is 16.3 Å². The number of hydrogen-bond donors (Lipinski definition) is 2. The second-order valence-corrected chi connectivity index (χ2v) is 12.1. The highest BCUT2D eigenvalue weighted by molar-refractivity contribution is 7.90. The van der Waals surface area contributed by atoms with Crippen molar-refractivity contribution < 1.29 is 46.7 Å². The van der Waals surface area contributed by atoms with Gasteiger partial charge in [0.05, 0.1) is 12.4 Å². The molecule has 0 fully saturated rings. The number of aliphatic carboxylic acids is 1. The van der Waals surface area contributed by atoms with Crippen LogP contribution in [0.2, 0.25) is 0 Å². The van der Waals surface area contributed by atoms with Crippen molar-refractivity contribution in [1.29, 1.82) is 0 Å². The van der Waals surface area contributed by atoms with E-state index in [-0.39, 0.29) is 5.75 Å². The highest BCUT2D eigenvalue weighted by Crippen LogP contribution is 2.32. The first-order valence-corrected chi connectivity index (χ1v) is 15.6. The van der Waals surface area contributed by atoms with Crippen molar-refractivity contribution in [2.45, 2.75) is 26.9 Å². The molecular weight excluding hydrogens is 577 g/mol. The van der Waals surface area contributed by atoms with Gasteiger partial charge in [-0.3, -0.25) is 0 Å². The predicted octanol–water partition coefficient (Wildman–Crippen LogP) is 2.85. The van der Waals surface area contributed by atoms with Crippen LogP contribution in [-0.4, -0.2) is 71.5 Å². The molecule has 0 aliphatic rings. The van der Waals surface area contributed by atoms with Gasteiger partial charge in [0.25, 0.3) is 0 Å². The molecule has 230 valence electrons. The van der Waals surface area contributed by atoms with Crippen LogP contribution in [0.1, 0.15) is 23.1 Å². The summed E-state index contributed by atoms with van der Waals surface area (Å²) in [5.41, 5.74) is 8.32. The Morgan fingerprint density at radius 2 is 1.63 bits per heavy atom. The fourth-order valence-electron chi connectivity index (χ4n) is 4.31. The Labute approximate surface area is 252 Å². The first-order chi connectivity index (χ1) is 20.4. The van der Waals surface area contributed by atoms with Gasteiger partial charge in [0.1, 0.15) is 34.6 Å². The molecule has 2 N–H and O–H groups in total. The minimum Gasteiger partial charge on any atom is -0.494 e. The Bertz CT molecular complexity index is 1470. The molecule has 0 aromatic heterocycles. The minimum absolute atomic E-state index is 0.0946. The molecule has 0 spiro atoms. The number of hydrogen-bond acceptors (Lipinski definition) is 10. The van der Waals surface area contributed by atoms with Crippen LogP contribution in [-0.2, 0) is 40.2 Å². The molecule has 0 radical (unpaired) electrons. The van der Waals surface area contributed by atoms with E-state index in [1.54, 1.807) is 31.3 Å². The van der Waals surface area contributed by atoms with Crippen molar-refractivity contribution in [3.05, 3.63) is 77.4 Å². The lowest BCUT2D eigenvalue weighted by atomic mass is 9.79. The van der Waals surface area contributed by atoms with E-state index in [9.17, 15) is 18.0 Å². The number of benzene rings is 3. The molecular formula is C30H36BNO10S. The SMILES string of the molecule is CNOB(OCC(=O)OCC(=O)O)c1ccc(OCc2cccc(-c3c(C)cc(OCCCS(C)(=O)=O)cc3C)c2)cc1. The highest BCUT2D eigenvalue weighted by atomic mass is 32.2. The number of esters is 1. The summed E-state index contributed by atoms with van der Waals surface area (Å²) in [5.74, 6) is -0.669. The second-order valence-electron chi connectivity index (χ2n) is 9.84. The summed E-state index contributed by atoms with van der Waals surface area (Å²) in [5, 5.41) is 8.61. The fraction of sp³-hybridized carbons (Fsp3) is 0.333. The number of carboxylic acid groups (broad SMARTS) is 1. The molecule has 3 aromatic carbocycles.